The van der Waals surface area contributed by atoms with Crippen LogP contribution >= 0.6 is 19.4 Å². The van der Waals surface area contributed by atoms with Gasteiger partial charge in [0.15, 0.2) is 0 Å². The molecular formula is C10H21O5PS. The van der Waals surface area contributed by atoms with Gasteiger partial charge in [-0.05, 0) is 5.41 Å². The first-order chi connectivity index (χ1) is 7.60. The minimum Gasteiger partial charge on any atom is -0.465 e. The Morgan fingerprint density at radius 2 is 2.00 bits per heavy atom. The van der Waals surface area contributed by atoms with Crippen LogP contribution in [0.15, 0.2) is 0 Å². The summed E-state index contributed by atoms with van der Waals surface area (Å²) in [7, 11) is -3.40. The van der Waals surface area contributed by atoms with Crippen molar-refractivity contribution in [3.8, 4) is 0 Å². The van der Waals surface area contributed by atoms with E-state index in [0.29, 0.717) is 12.4 Å². The van der Waals surface area contributed by atoms with Crippen molar-refractivity contribution in [2.45, 2.75) is 27.2 Å². The van der Waals surface area contributed by atoms with Crippen molar-refractivity contribution in [3.63, 3.8) is 0 Å². The fourth-order valence-corrected chi connectivity index (χ4v) is 2.23. The molecule has 0 aliphatic heterocycles. The fraction of sp³-hybridized carbons (Fsp3) is 0.900. The van der Waals surface area contributed by atoms with Crippen LogP contribution in [0.2, 0.25) is 0 Å². The Balaban J connectivity index is 3.50. The summed E-state index contributed by atoms with van der Waals surface area (Å²) in [6, 6.07) is 0. The maximum absolute atomic E-state index is 11.3. The Morgan fingerprint density at radius 3 is 2.47 bits per heavy atom. The standard InChI is InChI=1S/C10H21O5PS/c1-10(2,3)7-14-9(11)5-6-17-8-15-16(4,12)13/h5-8H2,1-4H3,(H,12,13). The molecule has 1 atom stereocenters. The summed E-state index contributed by atoms with van der Waals surface area (Å²) in [5.74, 6) is 0.371. The van der Waals surface area contributed by atoms with E-state index in [0.717, 1.165) is 6.66 Å². The summed E-state index contributed by atoms with van der Waals surface area (Å²) in [6.07, 6.45) is 0.281. The van der Waals surface area contributed by atoms with Gasteiger partial charge in [0.1, 0.15) is 5.94 Å². The summed E-state index contributed by atoms with van der Waals surface area (Å²) in [6.45, 7) is 7.49. The maximum atomic E-state index is 11.3. The van der Waals surface area contributed by atoms with Crippen LogP contribution in [-0.4, -0.2) is 35.8 Å². The van der Waals surface area contributed by atoms with Crippen molar-refractivity contribution in [2.75, 3.05) is 25.0 Å². The molecule has 0 heterocycles. The Bertz CT molecular complexity index is 281. The SMILES string of the molecule is CC(C)(C)COC(=O)CCSCOP(C)(=O)O. The molecule has 17 heavy (non-hydrogen) atoms. The molecule has 0 radical (unpaired) electrons. The molecule has 0 aromatic rings. The Kier molecular flexibility index (Phi) is 7.40. The second kappa shape index (κ2) is 7.41. The summed E-state index contributed by atoms with van der Waals surface area (Å²) < 4.78 is 20.5. The van der Waals surface area contributed by atoms with Gasteiger partial charge in [-0.1, -0.05) is 20.8 Å². The third kappa shape index (κ3) is 13.9. The van der Waals surface area contributed by atoms with Crippen molar-refractivity contribution < 1.29 is 23.5 Å². The van der Waals surface area contributed by atoms with Crippen molar-refractivity contribution in [3.05, 3.63) is 0 Å². The van der Waals surface area contributed by atoms with E-state index in [1.54, 1.807) is 0 Å². The van der Waals surface area contributed by atoms with Gasteiger partial charge in [0, 0.05) is 12.4 Å². The average molecular weight is 284 g/mol. The van der Waals surface area contributed by atoms with Gasteiger partial charge in [0.2, 0.25) is 0 Å². The molecule has 0 aromatic carbocycles. The molecule has 0 saturated heterocycles. The summed E-state index contributed by atoms with van der Waals surface area (Å²) in [4.78, 5) is 20.1. The van der Waals surface area contributed by atoms with Crippen LogP contribution in [0.3, 0.4) is 0 Å². The van der Waals surface area contributed by atoms with E-state index >= 15 is 0 Å². The van der Waals surface area contributed by atoms with Crippen molar-refractivity contribution in [2.24, 2.45) is 5.41 Å². The van der Waals surface area contributed by atoms with Crippen LogP contribution in [-0.2, 0) is 18.6 Å². The predicted molar refractivity (Wildman–Crippen MR) is 69.2 cm³/mol. The zero-order valence-corrected chi connectivity index (χ0v) is 12.5. The number of carbonyl (C=O) groups is 1. The van der Waals surface area contributed by atoms with Crippen LogP contribution in [0.4, 0.5) is 0 Å². The average Bonchev–Trinajstić information content (AvgIpc) is 2.11. The van der Waals surface area contributed by atoms with Gasteiger partial charge in [-0.15, -0.1) is 11.8 Å². The molecule has 0 aliphatic carbocycles. The number of esters is 1. The molecule has 0 aliphatic rings. The summed E-state index contributed by atoms with van der Waals surface area (Å²) >= 11 is 1.29. The molecule has 5 nitrogen and oxygen atoms in total. The van der Waals surface area contributed by atoms with E-state index in [1.807, 2.05) is 20.8 Å². The Morgan fingerprint density at radius 1 is 1.41 bits per heavy atom. The minimum absolute atomic E-state index is 0.0301. The molecule has 0 fully saturated rings. The predicted octanol–water partition coefficient (Wildman–Crippen LogP) is 2.49. The molecule has 0 amide bonds. The zero-order chi connectivity index (χ0) is 13.5. The number of ether oxygens (including phenoxy) is 1. The van der Waals surface area contributed by atoms with E-state index < -0.39 is 7.60 Å². The highest BCUT2D eigenvalue weighted by atomic mass is 32.2. The molecule has 1 N–H and O–H groups in total. The Labute approximate surface area is 107 Å². The van der Waals surface area contributed by atoms with E-state index in [4.69, 9.17) is 9.63 Å². The van der Waals surface area contributed by atoms with Crippen LogP contribution in [0, 0.1) is 5.41 Å². The third-order valence-corrected chi connectivity index (χ3v) is 3.05. The second-order valence-corrected chi connectivity index (χ2v) is 7.85. The van der Waals surface area contributed by atoms with E-state index in [9.17, 15) is 9.36 Å². The lowest BCUT2D eigenvalue weighted by Gasteiger charge is -2.17. The zero-order valence-electron chi connectivity index (χ0n) is 10.8. The monoisotopic (exact) mass is 284 g/mol. The molecular weight excluding hydrogens is 263 g/mol. The quantitative estimate of drug-likeness (QED) is 0.335. The van der Waals surface area contributed by atoms with Crippen LogP contribution in [0.25, 0.3) is 0 Å². The number of thioether (sulfide) groups is 1. The van der Waals surface area contributed by atoms with Crippen LogP contribution in [0.1, 0.15) is 27.2 Å². The summed E-state index contributed by atoms with van der Waals surface area (Å²) in [5, 5.41) is 0. The van der Waals surface area contributed by atoms with Gasteiger partial charge >= 0.3 is 13.6 Å². The fourth-order valence-electron chi connectivity index (χ4n) is 0.719. The van der Waals surface area contributed by atoms with E-state index in [1.165, 1.54) is 11.8 Å². The maximum Gasteiger partial charge on any atom is 0.325 e. The molecule has 0 bridgehead atoms. The van der Waals surface area contributed by atoms with Crippen molar-refractivity contribution in [1.82, 2.24) is 0 Å². The highest BCUT2D eigenvalue weighted by Gasteiger charge is 2.14. The number of hydrogen-bond donors (Lipinski definition) is 1. The summed E-state index contributed by atoms with van der Waals surface area (Å²) in [5.41, 5.74) is -0.0301. The first-order valence-corrected chi connectivity index (χ1v) is 8.46. The largest absolute Gasteiger partial charge is 0.465 e. The third-order valence-electron chi connectivity index (χ3n) is 1.49. The first-order valence-electron chi connectivity index (χ1n) is 5.28. The molecule has 0 saturated carbocycles. The lowest BCUT2D eigenvalue weighted by atomic mass is 9.99. The molecule has 7 heteroatoms. The molecule has 0 spiro atoms. The normalized spacial score (nSPS) is 15.4. The molecule has 0 aromatic heterocycles. The molecule has 102 valence electrons. The molecule has 0 rings (SSSR count). The van der Waals surface area contributed by atoms with Gasteiger partial charge in [-0.25, -0.2) is 0 Å². The lowest BCUT2D eigenvalue weighted by Crippen LogP contribution is -2.18. The Hall–Kier alpha value is -0.0300. The van der Waals surface area contributed by atoms with E-state index in [2.05, 4.69) is 4.52 Å². The lowest BCUT2D eigenvalue weighted by molar-refractivity contribution is -0.145. The minimum atomic E-state index is -3.40. The first kappa shape index (κ1) is 17.0. The van der Waals surface area contributed by atoms with Gasteiger partial charge < -0.3 is 9.63 Å². The molecule has 1 unspecified atom stereocenters. The highest BCUT2D eigenvalue weighted by molar-refractivity contribution is 7.99. The number of rotatable bonds is 7. The highest BCUT2D eigenvalue weighted by Crippen LogP contribution is 2.37. The number of hydrogen-bond acceptors (Lipinski definition) is 5. The van der Waals surface area contributed by atoms with Gasteiger partial charge in [0.05, 0.1) is 13.0 Å². The van der Waals surface area contributed by atoms with Crippen LogP contribution in [0.5, 0.6) is 0 Å². The van der Waals surface area contributed by atoms with Crippen molar-refractivity contribution >= 4 is 25.3 Å². The topological polar surface area (TPSA) is 72.8 Å². The van der Waals surface area contributed by atoms with E-state index in [-0.39, 0.29) is 23.7 Å². The van der Waals surface area contributed by atoms with Gasteiger partial charge in [0.25, 0.3) is 0 Å². The van der Waals surface area contributed by atoms with Crippen LogP contribution < -0.4 is 0 Å². The van der Waals surface area contributed by atoms with Crippen molar-refractivity contribution in [1.29, 1.82) is 0 Å². The smallest absolute Gasteiger partial charge is 0.325 e. The number of carbonyl (C=O) groups excluding carboxylic acids is 1. The van der Waals surface area contributed by atoms with Gasteiger partial charge in [-0.2, -0.15) is 0 Å². The van der Waals surface area contributed by atoms with Gasteiger partial charge in [-0.3, -0.25) is 13.9 Å². The second-order valence-electron chi connectivity index (χ2n) is 4.93.